The number of benzene rings is 1. The van der Waals surface area contributed by atoms with Crippen LogP contribution in [-0.4, -0.2) is 14.5 Å². The molecular weight excluding hydrogens is 286 g/mol. The fraction of sp³-hybridized carbons (Fsp3) is 0.143. The van der Waals surface area contributed by atoms with E-state index in [-0.39, 0.29) is 11.3 Å². The first-order valence-electron chi connectivity index (χ1n) is 6.00. The Morgan fingerprint density at radius 1 is 1.19 bits per heavy atom. The van der Waals surface area contributed by atoms with Gasteiger partial charge in [0.15, 0.2) is 0 Å². The molecule has 0 N–H and O–H groups in total. The Labute approximate surface area is 116 Å². The summed E-state index contributed by atoms with van der Waals surface area (Å²) in [6, 6.07) is 3.98. The lowest BCUT2D eigenvalue weighted by Crippen LogP contribution is -2.09. The number of alkyl halides is 3. The monoisotopic (exact) mass is 295 g/mol. The number of aromatic nitrogens is 3. The van der Waals surface area contributed by atoms with Crippen molar-refractivity contribution in [3.05, 3.63) is 48.3 Å². The smallest absolute Gasteiger partial charge is 0.350 e. The van der Waals surface area contributed by atoms with Crippen molar-refractivity contribution in [2.24, 2.45) is 7.05 Å². The second-order valence-corrected chi connectivity index (χ2v) is 4.60. The van der Waals surface area contributed by atoms with Gasteiger partial charge in [-0.3, -0.25) is 0 Å². The number of nitrogens with zero attached hydrogens (tertiary/aromatic N) is 3. The molecule has 1 aromatic carbocycles. The molecule has 3 nitrogen and oxygen atoms in total. The predicted octanol–water partition coefficient (Wildman–Crippen LogP) is 3.79. The highest BCUT2D eigenvalue weighted by molar-refractivity contribution is 5.95. The van der Waals surface area contributed by atoms with Gasteiger partial charge in [0.1, 0.15) is 17.7 Å². The quantitative estimate of drug-likeness (QED) is 0.639. The van der Waals surface area contributed by atoms with Crippen molar-refractivity contribution in [3.8, 4) is 11.3 Å². The van der Waals surface area contributed by atoms with Gasteiger partial charge in [0, 0.05) is 35.9 Å². The lowest BCUT2D eigenvalue weighted by atomic mass is 10.1. The Morgan fingerprint density at radius 3 is 2.67 bits per heavy atom. The van der Waals surface area contributed by atoms with Crippen LogP contribution in [0.3, 0.4) is 0 Å². The van der Waals surface area contributed by atoms with Crippen LogP contribution in [0.2, 0.25) is 0 Å². The van der Waals surface area contributed by atoms with Crippen LogP contribution in [-0.2, 0) is 13.2 Å². The van der Waals surface area contributed by atoms with Gasteiger partial charge in [-0.1, -0.05) is 0 Å². The van der Waals surface area contributed by atoms with Crippen LogP contribution in [0.4, 0.5) is 17.6 Å². The van der Waals surface area contributed by atoms with Gasteiger partial charge in [-0.15, -0.1) is 0 Å². The van der Waals surface area contributed by atoms with E-state index in [1.165, 1.54) is 24.4 Å². The lowest BCUT2D eigenvalue weighted by Gasteiger charge is -2.10. The largest absolute Gasteiger partial charge is 0.419 e. The Morgan fingerprint density at radius 2 is 1.95 bits per heavy atom. The van der Waals surface area contributed by atoms with Crippen molar-refractivity contribution < 1.29 is 17.6 Å². The van der Waals surface area contributed by atoms with Crippen LogP contribution in [0.25, 0.3) is 22.2 Å². The molecule has 0 saturated heterocycles. The van der Waals surface area contributed by atoms with Crippen LogP contribution in [0, 0.1) is 5.82 Å². The Balaban J connectivity index is 2.34. The summed E-state index contributed by atoms with van der Waals surface area (Å²) in [5.74, 6) is -0.516. The van der Waals surface area contributed by atoms with Crippen molar-refractivity contribution in [2.75, 3.05) is 0 Å². The number of rotatable bonds is 1. The van der Waals surface area contributed by atoms with Gasteiger partial charge in [-0.2, -0.15) is 13.2 Å². The standard InChI is InChI=1S/C14H9F4N3/c1-21-6-10(9-4-8(15)2-3-12(9)21)13-11(14(16,17)18)5-19-7-20-13/h2-7H,1H3. The molecule has 0 aliphatic carbocycles. The summed E-state index contributed by atoms with van der Waals surface area (Å²) >= 11 is 0. The number of hydrogen-bond donors (Lipinski definition) is 0. The van der Waals surface area contributed by atoms with Gasteiger partial charge in [-0.25, -0.2) is 14.4 Å². The van der Waals surface area contributed by atoms with Gasteiger partial charge in [0.2, 0.25) is 0 Å². The maximum Gasteiger partial charge on any atom is 0.419 e. The molecule has 2 aromatic heterocycles. The fourth-order valence-electron chi connectivity index (χ4n) is 2.30. The van der Waals surface area contributed by atoms with E-state index in [1.54, 1.807) is 11.6 Å². The highest BCUT2D eigenvalue weighted by Crippen LogP contribution is 2.38. The molecule has 0 fully saturated rings. The molecule has 0 bridgehead atoms. The SMILES string of the molecule is Cn1cc(-c2ncncc2C(F)(F)F)c2cc(F)ccc21. The van der Waals surface area contributed by atoms with E-state index >= 15 is 0 Å². The third-order valence-electron chi connectivity index (χ3n) is 3.22. The maximum absolute atomic E-state index is 13.4. The summed E-state index contributed by atoms with van der Waals surface area (Å²) in [6.45, 7) is 0. The van der Waals surface area contributed by atoms with Gasteiger partial charge in [-0.05, 0) is 18.2 Å². The van der Waals surface area contributed by atoms with Crippen molar-refractivity contribution in [1.29, 1.82) is 0 Å². The molecule has 0 saturated carbocycles. The Hall–Kier alpha value is -2.44. The minimum absolute atomic E-state index is 0.224. The molecule has 0 unspecified atom stereocenters. The van der Waals surface area contributed by atoms with E-state index < -0.39 is 17.6 Å². The zero-order valence-electron chi connectivity index (χ0n) is 10.8. The average Bonchev–Trinajstić information content (AvgIpc) is 2.74. The lowest BCUT2D eigenvalue weighted by molar-refractivity contribution is -0.137. The van der Waals surface area contributed by atoms with E-state index in [9.17, 15) is 17.6 Å². The molecule has 0 radical (unpaired) electrons. The first kappa shape index (κ1) is 13.5. The average molecular weight is 295 g/mol. The molecule has 0 aliphatic heterocycles. The first-order chi connectivity index (χ1) is 9.88. The topological polar surface area (TPSA) is 30.7 Å². The third-order valence-corrected chi connectivity index (χ3v) is 3.22. The van der Waals surface area contributed by atoms with E-state index in [1.807, 2.05) is 0 Å². The van der Waals surface area contributed by atoms with E-state index in [2.05, 4.69) is 9.97 Å². The maximum atomic E-state index is 13.4. The van der Waals surface area contributed by atoms with Crippen molar-refractivity contribution in [3.63, 3.8) is 0 Å². The summed E-state index contributed by atoms with van der Waals surface area (Å²) in [5, 5.41) is 0.377. The zero-order chi connectivity index (χ0) is 15.2. The van der Waals surface area contributed by atoms with Gasteiger partial charge in [0.25, 0.3) is 0 Å². The van der Waals surface area contributed by atoms with Crippen molar-refractivity contribution in [2.45, 2.75) is 6.18 Å². The third kappa shape index (κ3) is 2.24. The summed E-state index contributed by atoms with van der Waals surface area (Å²) in [7, 11) is 1.68. The highest BCUT2D eigenvalue weighted by Gasteiger charge is 2.35. The summed E-state index contributed by atoms with van der Waals surface area (Å²) in [4.78, 5) is 7.17. The molecule has 3 rings (SSSR count). The molecule has 0 spiro atoms. The summed E-state index contributed by atoms with van der Waals surface area (Å²) in [5.41, 5.74) is -0.352. The highest BCUT2D eigenvalue weighted by atomic mass is 19.4. The second-order valence-electron chi connectivity index (χ2n) is 4.60. The Bertz CT molecular complexity index is 821. The summed E-state index contributed by atoms with van der Waals surface area (Å²) < 4.78 is 54.2. The number of fused-ring (bicyclic) bond motifs is 1. The van der Waals surface area contributed by atoms with Crippen molar-refractivity contribution in [1.82, 2.24) is 14.5 Å². The normalized spacial score (nSPS) is 12.0. The van der Waals surface area contributed by atoms with Gasteiger partial charge >= 0.3 is 6.18 Å². The fourth-order valence-corrected chi connectivity index (χ4v) is 2.30. The molecule has 0 aliphatic rings. The number of halogens is 4. The van der Waals surface area contributed by atoms with E-state index in [4.69, 9.17) is 0 Å². The minimum atomic E-state index is -4.58. The predicted molar refractivity (Wildman–Crippen MR) is 68.9 cm³/mol. The van der Waals surface area contributed by atoms with Crippen LogP contribution in [0.1, 0.15) is 5.56 Å². The van der Waals surface area contributed by atoms with Crippen LogP contribution in [0.15, 0.2) is 36.9 Å². The molecule has 108 valence electrons. The van der Waals surface area contributed by atoms with Crippen molar-refractivity contribution >= 4 is 10.9 Å². The molecule has 0 atom stereocenters. The number of hydrogen-bond acceptors (Lipinski definition) is 2. The first-order valence-corrected chi connectivity index (χ1v) is 6.00. The van der Waals surface area contributed by atoms with Crippen LogP contribution >= 0.6 is 0 Å². The van der Waals surface area contributed by atoms with E-state index in [0.29, 0.717) is 10.9 Å². The van der Waals surface area contributed by atoms with Gasteiger partial charge < -0.3 is 4.57 Å². The molecular formula is C14H9F4N3. The van der Waals surface area contributed by atoms with Crippen LogP contribution < -0.4 is 0 Å². The molecule has 3 aromatic rings. The molecule has 7 heteroatoms. The second kappa shape index (κ2) is 4.54. The van der Waals surface area contributed by atoms with Crippen LogP contribution in [0.5, 0.6) is 0 Å². The summed E-state index contributed by atoms with van der Waals surface area (Å²) in [6.07, 6.45) is -1.31. The van der Waals surface area contributed by atoms with Gasteiger partial charge in [0.05, 0.1) is 5.69 Å². The zero-order valence-corrected chi connectivity index (χ0v) is 10.8. The molecule has 21 heavy (non-hydrogen) atoms. The minimum Gasteiger partial charge on any atom is -0.350 e. The molecule has 0 amide bonds. The molecule has 2 heterocycles. The van der Waals surface area contributed by atoms with E-state index in [0.717, 1.165) is 12.5 Å². The number of aryl methyl sites for hydroxylation is 1. The Kier molecular flexibility index (Phi) is 2.93.